The molecule has 0 unspecified atom stereocenters. The van der Waals surface area contributed by atoms with Gasteiger partial charge in [-0.2, -0.15) is 0 Å². The number of hydrogen-bond donors (Lipinski definition) is 2. The van der Waals surface area contributed by atoms with E-state index in [-0.39, 0.29) is 12.6 Å². The molecule has 0 bridgehead atoms. The highest BCUT2D eigenvalue weighted by Gasteiger charge is 2.14. The summed E-state index contributed by atoms with van der Waals surface area (Å²) in [6.07, 6.45) is 1.50. The van der Waals surface area contributed by atoms with Crippen LogP contribution in [-0.4, -0.2) is 38.0 Å². The van der Waals surface area contributed by atoms with Gasteiger partial charge in [0, 0.05) is 5.56 Å². The molecule has 1 atom stereocenters. The Bertz CT molecular complexity index is 740. The van der Waals surface area contributed by atoms with E-state index >= 15 is 0 Å². The van der Waals surface area contributed by atoms with Gasteiger partial charge in [0.15, 0.2) is 6.61 Å². The Morgan fingerprint density at radius 2 is 1.88 bits per heavy atom. The fourth-order valence-electron chi connectivity index (χ4n) is 2.09. The lowest BCUT2D eigenvalue weighted by Crippen LogP contribution is -2.34. The third-order valence-electron chi connectivity index (χ3n) is 3.46. The maximum atomic E-state index is 11.9. The van der Waals surface area contributed by atoms with Crippen molar-refractivity contribution in [3.63, 3.8) is 0 Å². The molecule has 138 valence electrons. The monoisotopic (exact) mass is 360 g/mol. The van der Waals surface area contributed by atoms with E-state index in [2.05, 4.69) is 10.6 Å². The Labute approximate surface area is 150 Å². The first kappa shape index (κ1) is 19.0. The first-order chi connectivity index (χ1) is 12.5. The highest BCUT2D eigenvalue weighted by molar-refractivity contribution is 5.96. The van der Waals surface area contributed by atoms with E-state index in [9.17, 15) is 14.4 Å². The quantitative estimate of drug-likeness (QED) is 0.690. The van der Waals surface area contributed by atoms with E-state index in [4.69, 9.17) is 13.9 Å². The molecule has 2 N–H and O–H groups in total. The summed E-state index contributed by atoms with van der Waals surface area (Å²) in [5.74, 6) is -0.399. The molecule has 8 heteroatoms. The number of methoxy groups -OCH3 is 1. The number of furan rings is 1. The van der Waals surface area contributed by atoms with Crippen LogP contribution in [0.15, 0.2) is 47.1 Å². The summed E-state index contributed by atoms with van der Waals surface area (Å²) >= 11 is 0. The van der Waals surface area contributed by atoms with Crippen LogP contribution in [0.2, 0.25) is 0 Å². The van der Waals surface area contributed by atoms with Crippen molar-refractivity contribution in [2.45, 2.75) is 13.0 Å². The van der Waals surface area contributed by atoms with Crippen LogP contribution in [0.4, 0.5) is 0 Å². The topological polar surface area (TPSA) is 107 Å². The SMILES string of the molecule is COc1ccc(C(=O)NCC(=O)OCC(=O)N[C@H](C)c2ccco2)cc1. The highest BCUT2D eigenvalue weighted by Crippen LogP contribution is 2.12. The molecule has 2 amide bonds. The Hall–Kier alpha value is -3.29. The van der Waals surface area contributed by atoms with Crippen LogP contribution in [0.3, 0.4) is 0 Å². The minimum Gasteiger partial charge on any atom is -0.497 e. The van der Waals surface area contributed by atoms with E-state index in [1.54, 1.807) is 43.3 Å². The van der Waals surface area contributed by atoms with Gasteiger partial charge < -0.3 is 24.5 Å². The molecule has 1 aromatic heterocycles. The number of rotatable bonds is 8. The first-order valence-electron chi connectivity index (χ1n) is 7.90. The first-order valence-corrected chi connectivity index (χ1v) is 7.90. The molecule has 0 radical (unpaired) electrons. The zero-order valence-electron chi connectivity index (χ0n) is 14.5. The predicted octanol–water partition coefficient (Wildman–Crippen LogP) is 1.44. The molecule has 1 heterocycles. The fourth-order valence-corrected chi connectivity index (χ4v) is 2.09. The van der Waals surface area contributed by atoms with Gasteiger partial charge in [-0.15, -0.1) is 0 Å². The van der Waals surface area contributed by atoms with Crippen LogP contribution in [0, 0.1) is 0 Å². The van der Waals surface area contributed by atoms with Gasteiger partial charge in [-0.3, -0.25) is 14.4 Å². The lowest BCUT2D eigenvalue weighted by molar-refractivity contribution is -0.147. The fraction of sp³-hybridized carbons (Fsp3) is 0.278. The van der Waals surface area contributed by atoms with Crippen molar-refractivity contribution in [2.75, 3.05) is 20.3 Å². The molecule has 2 aromatic rings. The van der Waals surface area contributed by atoms with E-state index < -0.39 is 24.4 Å². The second-order valence-corrected chi connectivity index (χ2v) is 5.38. The number of carbonyl (C=O) groups excluding carboxylic acids is 3. The van der Waals surface area contributed by atoms with Gasteiger partial charge in [0.2, 0.25) is 0 Å². The lowest BCUT2D eigenvalue weighted by atomic mass is 10.2. The zero-order chi connectivity index (χ0) is 18.9. The lowest BCUT2D eigenvalue weighted by Gasteiger charge is -2.11. The molecular weight excluding hydrogens is 340 g/mol. The number of carbonyl (C=O) groups is 3. The van der Waals surface area contributed by atoms with Crippen LogP contribution in [0.5, 0.6) is 5.75 Å². The van der Waals surface area contributed by atoms with Crippen molar-refractivity contribution in [3.05, 3.63) is 54.0 Å². The minimum atomic E-state index is -0.715. The van der Waals surface area contributed by atoms with E-state index in [0.29, 0.717) is 17.1 Å². The molecule has 26 heavy (non-hydrogen) atoms. The standard InChI is InChI=1S/C18H20N2O6/c1-12(15-4-3-9-25-15)20-16(21)11-26-17(22)10-19-18(23)13-5-7-14(24-2)8-6-13/h3-9,12H,10-11H2,1-2H3,(H,19,23)(H,20,21)/t12-/m1/s1. The number of benzene rings is 1. The smallest absolute Gasteiger partial charge is 0.325 e. The predicted molar refractivity (Wildman–Crippen MR) is 91.6 cm³/mol. The molecule has 0 aliphatic rings. The van der Waals surface area contributed by atoms with E-state index in [1.165, 1.54) is 13.4 Å². The largest absolute Gasteiger partial charge is 0.497 e. The highest BCUT2D eigenvalue weighted by atomic mass is 16.5. The van der Waals surface area contributed by atoms with Gasteiger partial charge in [-0.25, -0.2) is 0 Å². The van der Waals surface area contributed by atoms with Crippen molar-refractivity contribution in [1.82, 2.24) is 10.6 Å². The maximum absolute atomic E-state index is 11.9. The van der Waals surface area contributed by atoms with E-state index in [0.717, 1.165) is 0 Å². The summed E-state index contributed by atoms with van der Waals surface area (Å²) in [5.41, 5.74) is 0.378. The van der Waals surface area contributed by atoms with Crippen molar-refractivity contribution < 1.29 is 28.3 Å². The minimum absolute atomic E-state index is 0.341. The number of hydrogen-bond acceptors (Lipinski definition) is 6. The van der Waals surface area contributed by atoms with Crippen LogP contribution in [0.25, 0.3) is 0 Å². The van der Waals surface area contributed by atoms with E-state index in [1.807, 2.05) is 0 Å². The van der Waals surface area contributed by atoms with Gasteiger partial charge in [0.05, 0.1) is 19.4 Å². The summed E-state index contributed by atoms with van der Waals surface area (Å²) in [5, 5.41) is 5.05. The second-order valence-electron chi connectivity index (χ2n) is 5.38. The van der Waals surface area contributed by atoms with Crippen LogP contribution in [0.1, 0.15) is 29.1 Å². The molecule has 0 saturated carbocycles. The molecule has 0 aliphatic carbocycles. The Balaban J connectivity index is 1.69. The van der Waals surface area contributed by atoms with Gasteiger partial charge in [-0.05, 0) is 43.3 Å². The number of amides is 2. The molecule has 0 saturated heterocycles. The average Bonchev–Trinajstić information content (AvgIpc) is 3.19. The number of nitrogens with one attached hydrogen (secondary N) is 2. The summed E-state index contributed by atoms with van der Waals surface area (Å²) in [4.78, 5) is 35.3. The molecule has 0 fully saturated rings. The molecule has 2 rings (SSSR count). The van der Waals surface area contributed by atoms with Gasteiger partial charge in [-0.1, -0.05) is 0 Å². The van der Waals surface area contributed by atoms with Crippen molar-refractivity contribution in [2.24, 2.45) is 0 Å². The Kier molecular flexibility index (Phi) is 6.78. The van der Waals surface area contributed by atoms with Crippen molar-refractivity contribution >= 4 is 17.8 Å². The zero-order valence-corrected chi connectivity index (χ0v) is 14.5. The maximum Gasteiger partial charge on any atom is 0.325 e. The Morgan fingerprint density at radius 3 is 2.50 bits per heavy atom. The molecule has 0 spiro atoms. The molecular formula is C18H20N2O6. The van der Waals surface area contributed by atoms with Crippen LogP contribution >= 0.6 is 0 Å². The number of ether oxygens (including phenoxy) is 2. The van der Waals surface area contributed by atoms with Gasteiger partial charge in [0.25, 0.3) is 11.8 Å². The van der Waals surface area contributed by atoms with Gasteiger partial charge >= 0.3 is 5.97 Å². The third-order valence-corrected chi connectivity index (χ3v) is 3.46. The van der Waals surface area contributed by atoms with Crippen molar-refractivity contribution in [3.8, 4) is 5.75 Å². The third kappa shape index (κ3) is 5.66. The molecule has 0 aliphatic heterocycles. The van der Waals surface area contributed by atoms with Crippen LogP contribution < -0.4 is 15.4 Å². The summed E-state index contributed by atoms with van der Waals surface area (Å²) in [6, 6.07) is 9.52. The average molecular weight is 360 g/mol. The number of esters is 1. The molecule has 1 aromatic carbocycles. The second kappa shape index (κ2) is 9.26. The Morgan fingerprint density at radius 1 is 1.15 bits per heavy atom. The van der Waals surface area contributed by atoms with Crippen molar-refractivity contribution in [1.29, 1.82) is 0 Å². The van der Waals surface area contributed by atoms with Gasteiger partial charge in [0.1, 0.15) is 18.1 Å². The van der Waals surface area contributed by atoms with Crippen LogP contribution in [-0.2, 0) is 14.3 Å². The summed E-state index contributed by atoms with van der Waals surface area (Å²) in [7, 11) is 1.52. The normalized spacial score (nSPS) is 11.3. The summed E-state index contributed by atoms with van der Waals surface area (Å²) in [6.45, 7) is 0.960. The molecule has 8 nitrogen and oxygen atoms in total. The summed E-state index contributed by atoms with van der Waals surface area (Å²) < 4.78 is 15.0.